The number of nitrogens with zero attached hydrogens (tertiary/aromatic N) is 2. The first kappa shape index (κ1) is 14.5. The highest BCUT2D eigenvalue weighted by Crippen LogP contribution is 2.25. The second-order valence-electron chi connectivity index (χ2n) is 3.21. The van der Waals surface area contributed by atoms with Crippen LogP contribution in [0.25, 0.3) is 0 Å². The largest absolute Gasteiger partial charge is 0.320 e. The third-order valence-electron chi connectivity index (χ3n) is 1.97. The Morgan fingerprint density at radius 3 is 2.65 bits per heavy atom. The average molecular weight is 295 g/mol. The van der Waals surface area contributed by atoms with Crippen molar-refractivity contribution in [2.45, 2.75) is 12.5 Å². The second kappa shape index (κ2) is 7.00. The summed E-state index contributed by atoms with van der Waals surface area (Å²) >= 11 is 13.2. The first-order chi connectivity index (χ1) is 8.06. The van der Waals surface area contributed by atoms with E-state index in [1.165, 1.54) is 6.33 Å². The average Bonchev–Trinajstić information content (AvgIpc) is 2.30. The van der Waals surface area contributed by atoms with Crippen LogP contribution < -0.4 is 11.1 Å². The highest BCUT2D eigenvalue weighted by atomic mass is 35.5. The summed E-state index contributed by atoms with van der Waals surface area (Å²) in [5, 5.41) is 2.71. The molecule has 0 spiro atoms. The lowest BCUT2D eigenvalue weighted by molar-refractivity contribution is -0.117. The van der Waals surface area contributed by atoms with Crippen LogP contribution >= 0.6 is 35.0 Å². The monoisotopic (exact) mass is 294 g/mol. The smallest absolute Gasteiger partial charge is 0.241 e. The van der Waals surface area contributed by atoms with E-state index in [2.05, 4.69) is 15.3 Å². The number of thioether (sulfide) groups is 1. The van der Waals surface area contributed by atoms with Gasteiger partial charge in [-0.2, -0.15) is 11.8 Å². The van der Waals surface area contributed by atoms with Gasteiger partial charge in [0.25, 0.3) is 0 Å². The number of halogens is 2. The molecule has 1 atom stereocenters. The fourth-order valence-corrected chi connectivity index (χ4v) is 1.94. The molecule has 1 amide bonds. The van der Waals surface area contributed by atoms with E-state index in [-0.39, 0.29) is 21.9 Å². The molecule has 0 saturated carbocycles. The van der Waals surface area contributed by atoms with Gasteiger partial charge >= 0.3 is 0 Å². The minimum absolute atomic E-state index is 0.0930. The van der Waals surface area contributed by atoms with Crippen LogP contribution in [0, 0.1) is 0 Å². The van der Waals surface area contributed by atoms with Gasteiger partial charge in [-0.25, -0.2) is 9.97 Å². The molecule has 0 aliphatic carbocycles. The quantitative estimate of drug-likeness (QED) is 0.810. The Morgan fingerprint density at radius 2 is 2.12 bits per heavy atom. The van der Waals surface area contributed by atoms with Gasteiger partial charge in [0, 0.05) is 0 Å². The maximum atomic E-state index is 11.7. The molecule has 8 heteroatoms. The van der Waals surface area contributed by atoms with Gasteiger partial charge in [-0.05, 0) is 18.4 Å². The van der Waals surface area contributed by atoms with Crippen molar-refractivity contribution in [3.05, 3.63) is 16.6 Å². The van der Waals surface area contributed by atoms with Crippen molar-refractivity contribution in [3.63, 3.8) is 0 Å². The molecule has 94 valence electrons. The normalized spacial score (nSPS) is 12.2. The summed E-state index contributed by atoms with van der Waals surface area (Å²) in [4.78, 5) is 19.2. The lowest BCUT2D eigenvalue weighted by Crippen LogP contribution is -2.36. The van der Waals surface area contributed by atoms with Crippen molar-refractivity contribution in [3.8, 4) is 0 Å². The highest BCUT2D eigenvalue weighted by molar-refractivity contribution is 7.98. The maximum Gasteiger partial charge on any atom is 0.241 e. The van der Waals surface area contributed by atoms with E-state index in [0.29, 0.717) is 6.42 Å². The molecule has 1 rings (SSSR count). The van der Waals surface area contributed by atoms with Gasteiger partial charge in [0.2, 0.25) is 5.91 Å². The number of carbonyl (C=O) groups excluding carboxylic acids is 1. The molecule has 0 aliphatic rings. The van der Waals surface area contributed by atoms with Crippen LogP contribution in [0.2, 0.25) is 10.3 Å². The molecular weight excluding hydrogens is 283 g/mol. The van der Waals surface area contributed by atoms with Gasteiger partial charge in [0.05, 0.1) is 6.04 Å². The second-order valence-corrected chi connectivity index (χ2v) is 4.91. The first-order valence-corrected chi connectivity index (χ1v) is 6.92. The molecule has 1 heterocycles. The highest BCUT2D eigenvalue weighted by Gasteiger charge is 2.17. The number of anilines is 1. The maximum absolute atomic E-state index is 11.7. The number of aromatic nitrogens is 2. The fourth-order valence-electron chi connectivity index (χ4n) is 1.04. The van der Waals surface area contributed by atoms with Crippen molar-refractivity contribution in [1.29, 1.82) is 0 Å². The van der Waals surface area contributed by atoms with E-state index in [9.17, 15) is 4.79 Å². The summed E-state index contributed by atoms with van der Waals surface area (Å²) in [6, 6.07) is -0.602. The van der Waals surface area contributed by atoms with Gasteiger partial charge in [-0.3, -0.25) is 4.79 Å². The molecule has 0 aliphatic heterocycles. The van der Waals surface area contributed by atoms with Gasteiger partial charge in [0.1, 0.15) is 12.0 Å². The number of hydrogen-bond donors (Lipinski definition) is 2. The zero-order chi connectivity index (χ0) is 12.8. The molecule has 5 nitrogen and oxygen atoms in total. The predicted molar refractivity (Wildman–Crippen MR) is 71.7 cm³/mol. The zero-order valence-corrected chi connectivity index (χ0v) is 11.4. The van der Waals surface area contributed by atoms with Crippen LogP contribution in [0.4, 0.5) is 5.69 Å². The third-order valence-corrected chi connectivity index (χ3v) is 3.19. The topological polar surface area (TPSA) is 80.9 Å². The lowest BCUT2D eigenvalue weighted by Gasteiger charge is -2.12. The zero-order valence-electron chi connectivity index (χ0n) is 9.11. The predicted octanol–water partition coefficient (Wildman–Crippen LogP) is 1.80. The lowest BCUT2D eigenvalue weighted by atomic mass is 10.2. The van der Waals surface area contributed by atoms with E-state index in [1.54, 1.807) is 11.8 Å². The van der Waals surface area contributed by atoms with Crippen LogP contribution in [0.15, 0.2) is 6.33 Å². The molecule has 0 saturated heterocycles. The van der Waals surface area contributed by atoms with Crippen molar-refractivity contribution in [2.24, 2.45) is 5.73 Å². The van der Waals surface area contributed by atoms with Crippen LogP contribution in [-0.4, -0.2) is 33.9 Å². The Labute approximate surface area is 113 Å². The number of nitrogens with one attached hydrogen (secondary N) is 1. The first-order valence-electron chi connectivity index (χ1n) is 4.77. The standard InChI is InChI=1S/C9H12Cl2N4OS/c1-17-3-2-5(12)9(16)15-6-7(10)13-4-14-8(6)11/h4-5H,2-3,12H2,1H3,(H,15,16)/t5-/m0/s1. The fraction of sp³-hybridized carbons (Fsp3) is 0.444. The molecule has 1 aromatic rings. The molecule has 17 heavy (non-hydrogen) atoms. The summed E-state index contributed by atoms with van der Waals surface area (Å²) in [5.74, 6) is 0.457. The number of amides is 1. The Hall–Kier alpha value is -0.560. The van der Waals surface area contributed by atoms with Crippen LogP contribution in [-0.2, 0) is 4.79 Å². The van der Waals surface area contributed by atoms with Crippen LogP contribution in [0.5, 0.6) is 0 Å². The van der Waals surface area contributed by atoms with E-state index in [1.807, 2.05) is 6.26 Å². The van der Waals surface area contributed by atoms with E-state index < -0.39 is 6.04 Å². The van der Waals surface area contributed by atoms with E-state index >= 15 is 0 Å². The van der Waals surface area contributed by atoms with Crippen molar-refractivity contribution < 1.29 is 4.79 Å². The Balaban J connectivity index is 2.68. The number of nitrogens with two attached hydrogens (primary N) is 1. The van der Waals surface area contributed by atoms with Crippen molar-refractivity contribution in [1.82, 2.24) is 9.97 Å². The van der Waals surface area contributed by atoms with Gasteiger partial charge in [0.15, 0.2) is 10.3 Å². The van der Waals surface area contributed by atoms with Gasteiger partial charge < -0.3 is 11.1 Å². The van der Waals surface area contributed by atoms with Crippen molar-refractivity contribution in [2.75, 3.05) is 17.3 Å². The summed E-state index contributed by atoms with van der Waals surface area (Å²) < 4.78 is 0. The molecular formula is C9H12Cl2N4OS. The number of hydrogen-bond acceptors (Lipinski definition) is 5. The third kappa shape index (κ3) is 4.31. The Bertz CT molecular complexity index is 384. The minimum Gasteiger partial charge on any atom is -0.320 e. The number of carbonyl (C=O) groups is 1. The number of rotatable bonds is 5. The summed E-state index contributed by atoms with van der Waals surface area (Å²) in [6.45, 7) is 0. The Kier molecular flexibility index (Phi) is 5.97. The molecule has 0 aromatic carbocycles. The van der Waals surface area contributed by atoms with E-state index in [4.69, 9.17) is 28.9 Å². The SMILES string of the molecule is CSCC[C@H](N)C(=O)Nc1c(Cl)ncnc1Cl. The molecule has 0 bridgehead atoms. The van der Waals surface area contributed by atoms with E-state index in [0.717, 1.165) is 5.75 Å². The molecule has 0 fully saturated rings. The Morgan fingerprint density at radius 1 is 1.53 bits per heavy atom. The molecule has 0 unspecified atom stereocenters. The minimum atomic E-state index is -0.602. The summed E-state index contributed by atoms with van der Waals surface area (Å²) in [7, 11) is 0. The van der Waals surface area contributed by atoms with Crippen molar-refractivity contribution >= 4 is 46.6 Å². The molecule has 3 N–H and O–H groups in total. The van der Waals surface area contributed by atoms with Crippen LogP contribution in [0.1, 0.15) is 6.42 Å². The van der Waals surface area contributed by atoms with Gasteiger partial charge in [-0.1, -0.05) is 23.2 Å². The van der Waals surface area contributed by atoms with Crippen LogP contribution in [0.3, 0.4) is 0 Å². The molecule has 0 radical (unpaired) electrons. The summed E-state index contributed by atoms with van der Waals surface area (Å²) in [6.07, 6.45) is 3.74. The van der Waals surface area contributed by atoms with Gasteiger partial charge in [-0.15, -0.1) is 0 Å². The summed E-state index contributed by atoms with van der Waals surface area (Å²) in [5.41, 5.74) is 5.89. The molecule has 1 aromatic heterocycles.